The molecule has 0 aliphatic carbocycles. The molecule has 0 amide bonds. The maximum Gasteiger partial charge on any atom is 0.293 e. The Bertz CT molecular complexity index is 283. The Morgan fingerprint density at radius 3 is 1.74 bits per heavy atom. The molecule has 4 nitrogen and oxygen atoms in total. The van der Waals surface area contributed by atoms with Gasteiger partial charge in [0.15, 0.2) is 0 Å². The number of rotatable bonds is 3. The van der Waals surface area contributed by atoms with E-state index in [-0.39, 0.29) is 5.78 Å². The van der Waals surface area contributed by atoms with Gasteiger partial charge in [0.25, 0.3) is 6.47 Å². The van der Waals surface area contributed by atoms with E-state index in [9.17, 15) is 9.59 Å². The van der Waals surface area contributed by atoms with Crippen molar-refractivity contribution in [3.8, 4) is 0 Å². The molecular weight excluding hydrogens is 244 g/mol. The molecule has 0 unspecified atom stereocenters. The molecule has 1 aromatic rings. The first-order chi connectivity index (χ1) is 9.08. The van der Waals surface area contributed by atoms with Crippen molar-refractivity contribution < 1.29 is 19.4 Å². The minimum Gasteiger partial charge on any atom is -0.468 e. The minimum absolute atomic E-state index is 0.255. The van der Waals surface area contributed by atoms with E-state index in [0.717, 1.165) is 7.11 Å². The van der Waals surface area contributed by atoms with E-state index in [2.05, 4.69) is 23.8 Å². The summed E-state index contributed by atoms with van der Waals surface area (Å²) >= 11 is 0. The minimum atomic E-state index is 0.255. The lowest BCUT2D eigenvalue weighted by molar-refractivity contribution is -0.128. The van der Waals surface area contributed by atoms with Crippen LogP contribution < -0.4 is 0 Å². The highest BCUT2D eigenvalue weighted by atomic mass is 16.5. The fourth-order valence-electron chi connectivity index (χ4n) is 0.602. The van der Waals surface area contributed by atoms with Crippen LogP contribution in [0.5, 0.6) is 0 Å². The number of aliphatic hydroxyl groups is 1. The first-order valence-corrected chi connectivity index (χ1v) is 6.09. The van der Waals surface area contributed by atoms with Crippen LogP contribution in [-0.2, 0) is 14.3 Å². The topological polar surface area (TPSA) is 63.6 Å². The van der Waals surface area contributed by atoms with Crippen molar-refractivity contribution in [1.82, 2.24) is 0 Å². The van der Waals surface area contributed by atoms with E-state index in [1.165, 1.54) is 5.56 Å². The Kier molecular flexibility index (Phi) is 25.6. The predicted molar refractivity (Wildman–Crippen MR) is 78.0 cm³/mol. The second kappa shape index (κ2) is 21.6. The quantitative estimate of drug-likeness (QED) is 0.858. The summed E-state index contributed by atoms with van der Waals surface area (Å²) < 4.78 is 4.15. The molecule has 0 fully saturated rings. The van der Waals surface area contributed by atoms with Gasteiger partial charge < -0.3 is 14.6 Å². The monoisotopic (exact) mass is 270 g/mol. The Balaban J connectivity index is -0.000000194. The molecule has 0 aromatic heterocycles. The van der Waals surface area contributed by atoms with Gasteiger partial charge in [-0.1, -0.05) is 42.8 Å². The van der Waals surface area contributed by atoms with Crippen LogP contribution in [0.4, 0.5) is 0 Å². The van der Waals surface area contributed by atoms with Crippen molar-refractivity contribution in [2.75, 3.05) is 13.7 Å². The maximum absolute atomic E-state index is 9.81. The first kappa shape index (κ1) is 22.5. The zero-order valence-electron chi connectivity index (χ0n) is 12.6. The van der Waals surface area contributed by atoms with Crippen molar-refractivity contribution in [1.29, 1.82) is 0 Å². The average molecular weight is 270 g/mol. The summed E-state index contributed by atoms with van der Waals surface area (Å²) in [6, 6.07) is 10.3. The number of aryl methyl sites for hydroxylation is 1. The summed E-state index contributed by atoms with van der Waals surface area (Å²) in [5.41, 5.74) is 1.32. The number of carbonyl (C=O) groups excluding carboxylic acids is 2. The highest BCUT2D eigenvalue weighted by Crippen LogP contribution is 1.92. The number of Topliss-reactive ketones (excluding diaryl/α,β-unsaturated/α-hetero) is 1. The highest BCUT2D eigenvalue weighted by molar-refractivity contribution is 5.74. The lowest BCUT2D eigenvalue weighted by Gasteiger charge is -1.82. The van der Waals surface area contributed by atoms with E-state index < -0.39 is 0 Å². The average Bonchev–Trinajstić information content (AvgIpc) is 2.44. The Morgan fingerprint density at radius 2 is 1.63 bits per heavy atom. The van der Waals surface area contributed by atoms with E-state index in [4.69, 9.17) is 5.11 Å². The summed E-state index contributed by atoms with van der Waals surface area (Å²) in [6.45, 7) is 8.18. The molecule has 0 aliphatic rings. The third-order valence-corrected chi connectivity index (χ3v) is 1.67. The zero-order valence-corrected chi connectivity index (χ0v) is 12.6. The number of ketones is 1. The van der Waals surface area contributed by atoms with E-state index in [1.54, 1.807) is 13.8 Å². The van der Waals surface area contributed by atoms with Crippen LogP contribution in [-0.4, -0.2) is 31.1 Å². The molecule has 0 saturated heterocycles. The molecule has 0 spiro atoms. The van der Waals surface area contributed by atoms with E-state index in [0.29, 0.717) is 19.5 Å². The first-order valence-electron chi connectivity index (χ1n) is 6.09. The van der Waals surface area contributed by atoms with Crippen molar-refractivity contribution in [3.63, 3.8) is 0 Å². The second-order valence-corrected chi connectivity index (χ2v) is 3.26. The molecule has 0 atom stereocenters. The van der Waals surface area contributed by atoms with Crippen LogP contribution >= 0.6 is 0 Å². The van der Waals surface area contributed by atoms with Gasteiger partial charge in [-0.25, -0.2) is 0 Å². The number of hydrogen-bond acceptors (Lipinski definition) is 4. The molecule has 0 saturated carbocycles. The van der Waals surface area contributed by atoms with Gasteiger partial charge in [-0.3, -0.25) is 4.79 Å². The summed E-state index contributed by atoms with van der Waals surface area (Å²) in [5.74, 6) is 0.255. The van der Waals surface area contributed by atoms with Gasteiger partial charge in [0.05, 0.1) is 6.61 Å². The number of ether oxygens (including phenoxy) is 1. The van der Waals surface area contributed by atoms with Crippen LogP contribution in [0.25, 0.3) is 0 Å². The number of benzene rings is 1. The van der Waals surface area contributed by atoms with E-state index in [1.807, 2.05) is 25.1 Å². The van der Waals surface area contributed by atoms with Crippen molar-refractivity contribution >= 4 is 12.3 Å². The van der Waals surface area contributed by atoms with Gasteiger partial charge in [0.1, 0.15) is 5.78 Å². The lowest BCUT2D eigenvalue weighted by atomic mass is 10.2. The molecule has 4 heteroatoms. The third-order valence-electron chi connectivity index (χ3n) is 1.67. The second-order valence-electron chi connectivity index (χ2n) is 3.26. The van der Waals surface area contributed by atoms with Crippen LogP contribution in [0.15, 0.2) is 30.3 Å². The van der Waals surface area contributed by atoms with Crippen LogP contribution in [0, 0.1) is 6.92 Å². The van der Waals surface area contributed by atoms with Gasteiger partial charge in [-0.2, -0.15) is 0 Å². The van der Waals surface area contributed by atoms with Crippen molar-refractivity contribution in [3.05, 3.63) is 35.9 Å². The number of carbonyl (C=O) groups is 2. The van der Waals surface area contributed by atoms with Gasteiger partial charge in [-0.05, 0) is 20.8 Å². The smallest absolute Gasteiger partial charge is 0.293 e. The summed E-state index contributed by atoms with van der Waals surface area (Å²) in [7, 11) is 1.00. The zero-order chi connectivity index (χ0) is 15.5. The Labute approximate surface area is 116 Å². The molecule has 1 aromatic carbocycles. The van der Waals surface area contributed by atoms with Crippen LogP contribution in [0.3, 0.4) is 0 Å². The summed E-state index contributed by atoms with van der Waals surface area (Å²) in [5, 5.41) is 7.00. The highest BCUT2D eigenvalue weighted by Gasteiger charge is 1.77. The maximum atomic E-state index is 9.81. The van der Waals surface area contributed by atoms with E-state index >= 15 is 0 Å². The molecule has 110 valence electrons. The third kappa shape index (κ3) is 31.4. The number of hydrogen-bond donors (Lipinski definition) is 1. The predicted octanol–water partition coefficient (Wildman–Crippen LogP) is 2.77. The van der Waals surface area contributed by atoms with Gasteiger partial charge >= 0.3 is 0 Å². The standard InChI is InChI=1S/C7H8.C4H8O.C3H6O2.CH4O/c1-7-5-3-2-4-6-7;1-3-4(2)5;1-2-5-3-4;1-2/h2-6H,1H3;3H2,1-2H3;3H,2H2,1H3;2H,1H3. The molecule has 0 aliphatic heterocycles. The summed E-state index contributed by atoms with van der Waals surface area (Å²) in [4.78, 5) is 19.0. The molecule has 0 heterocycles. The molecule has 1 N–H and O–H groups in total. The summed E-state index contributed by atoms with van der Waals surface area (Å²) in [6.07, 6.45) is 0.667. The molecule has 0 bridgehead atoms. The van der Waals surface area contributed by atoms with Gasteiger partial charge in [0, 0.05) is 13.5 Å². The lowest BCUT2D eigenvalue weighted by Crippen LogP contribution is -1.80. The Morgan fingerprint density at radius 1 is 1.21 bits per heavy atom. The fraction of sp³-hybridized carbons (Fsp3) is 0.467. The normalized spacial score (nSPS) is 7.26. The Hall–Kier alpha value is -1.68. The van der Waals surface area contributed by atoms with Gasteiger partial charge in [-0.15, -0.1) is 0 Å². The van der Waals surface area contributed by atoms with Crippen molar-refractivity contribution in [2.24, 2.45) is 0 Å². The number of aliphatic hydroxyl groups excluding tert-OH is 1. The fourth-order valence-corrected chi connectivity index (χ4v) is 0.602. The van der Waals surface area contributed by atoms with Crippen LogP contribution in [0.1, 0.15) is 32.8 Å². The molecule has 0 radical (unpaired) electrons. The van der Waals surface area contributed by atoms with Crippen LogP contribution in [0.2, 0.25) is 0 Å². The van der Waals surface area contributed by atoms with Gasteiger partial charge in [0.2, 0.25) is 0 Å². The molecule has 1 rings (SSSR count). The molecule has 19 heavy (non-hydrogen) atoms. The van der Waals surface area contributed by atoms with Crippen molar-refractivity contribution in [2.45, 2.75) is 34.1 Å². The largest absolute Gasteiger partial charge is 0.468 e. The SMILES string of the molecule is CCC(C)=O.CCOC=O.CO.Cc1ccccc1. The molecular formula is C15H26O4.